The van der Waals surface area contributed by atoms with E-state index in [2.05, 4.69) is 25.5 Å². The number of amides is 1. The summed E-state index contributed by atoms with van der Waals surface area (Å²) in [5.41, 5.74) is 11.0. The van der Waals surface area contributed by atoms with E-state index in [1.54, 1.807) is 29.2 Å². The van der Waals surface area contributed by atoms with Gasteiger partial charge in [-0.15, -0.1) is 11.8 Å². The first-order valence-electron chi connectivity index (χ1n) is 11.0. The number of carbonyl (C=O) groups is 1. The lowest BCUT2D eigenvalue weighted by molar-refractivity contribution is -0.133. The van der Waals surface area contributed by atoms with Gasteiger partial charge in [0.05, 0.1) is 23.0 Å². The molecular weight excluding hydrogens is 438 g/mol. The van der Waals surface area contributed by atoms with Crippen molar-refractivity contribution in [2.45, 2.75) is 24.3 Å². The second-order valence-corrected chi connectivity index (χ2v) is 9.48. The van der Waals surface area contributed by atoms with Crippen molar-refractivity contribution >= 4 is 45.7 Å². The first-order valence-corrected chi connectivity index (χ1v) is 12.0. The molecule has 0 spiro atoms. The monoisotopic (exact) mass is 465 g/mol. The van der Waals surface area contributed by atoms with Crippen LogP contribution in [0.25, 0.3) is 16.5 Å². The van der Waals surface area contributed by atoms with Gasteiger partial charge in [0, 0.05) is 43.8 Å². The van der Waals surface area contributed by atoms with E-state index in [4.69, 9.17) is 10.5 Å². The van der Waals surface area contributed by atoms with Crippen LogP contribution in [-0.2, 0) is 4.79 Å². The normalized spacial score (nSPS) is 17.5. The number of nitrogens with two attached hydrogens (primary N) is 1. The van der Waals surface area contributed by atoms with Crippen molar-refractivity contribution < 1.29 is 9.53 Å². The quantitative estimate of drug-likeness (QED) is 0.475. The van der Waals surface area contributed by atoms with Gasteiger partial charge >= 0.3 is 0 Å². The molecule has 3 heterocycles. The number of hydrogen-bond donors (Lipinski definition) is 3. The van der Waals surface area contributed by atoms with Gasteiger partial charge in [0.2, 0.25) is 5.91 Å². The molecule has 0 fully saturated rings. The van der Waals surface area contributed by atoms with E-state index in [1.165, 1.54) is 11.1 Å². The number of anilines is 2. The second kappa shape index (κ2) is 9.03. The van der Waals surface area contributed by atoms with E-state index >= 15 is 0 Å². The smallest absolute Gasteiger partial charge is 0.225 e. The van der Waals surface area contributed by atoms with Crippen molar-refractivity contribution in [3.8, 4) is 5.75 Å². The summed E-state index contributed by atoms with van der Waals surface area (Å²) in [6, 6.07) is 3.92. The van der Waals surface area contributed by atoms with Gasteiger partial charge < -0.3 is 20.7 Å². The van der Waals surface area contributed by atoms with E-state index in [9.17, 15) is 4.79 Å². The Kier molecular flexibility index (Phi) is 5.94. The number of nitrogens with one attached hydrogen (secondary N) is 2. The molecule has 5 rings (SSSR count). The second-order valence-electron chi connectivity index (χ2n) is 8.51. The molecule has 10 heteroatoms. The molecule has 0 unspecified atom stereocenters. The Morgan fingerprint density at radius 2 is 2.24 bits per heavy atom. The maximum atomic E-state index is 12.6. The lowest BCUT2D eigenvalue weighted by Gasteiger charge is -2.32. The molecule has 2 aromatic heterocycles. The maximum Gasteiger partial charge on any atom is 0.225 e. The molecule has 0 saturated carbocycles. The summed E-state index contributed by atoms with van der Waals surface area (Å²) in [6.45, 7) is 0.825. The number of ether oxygens (including phenoxy) is 1. The zero-order valence-electron chi connectivity index (χ0n) is 18.7. The van der Waals surface area contributed by atoms with Gasteiger partial charge in [0.15, 0.2) is 0 Å². The SMILES string of the molecule is CN(C)C(=O)[C@H]1CCC2=C(CSc3ncnc(Nc4cc5cn[nH]c5cc4OCCN)c32)C1. The number of thioether (sulfide) groups is 1. The van der Waals surface area contributed by atoms with Crippen LogP contribution >= 0.6 is 11.8 Å². The first kappa shape index (κ1) is 21.7. The lowest BCUT2D eigenvalue weighted by Crippen LogP contribution is -2.32. The van der Waals surface area contributed by atoms with Crippen LogP contribution in [0.4, 0.5) is 11.5 Å². The minimum absolute atomic E-state index is 0.0432. The number of allylic oxidation sites excluding steroid dienone is 1. The Morgan fingerprint density at radius 1 is 1.36 bits per heavy atom. The Hall–Kier alpha value is -3.11. The third-order valence-corrected chi connectivity index (χ3v) is 7.19. The Bertz CT molecular complexity index is 1240. The van der Waals surface area contributed by atoms with E-state index in [-0.39, 0.29) is 11.8 Å². The van der Waals surface area contributed by atoms with Gasteiger partial charge in [-0.3, -0.25) is 9.89 Å². The molecule has 3 aromatic rings. The number of fused-ring (bicyclic) bond motifs is 3. The molecule has 1 aromatic carbocycles. The fourth-order valence-electron chi connectivity index (χ4n) is 4.53. The van der Waals surface area contributed by atoms with Crippen molar-refractivity contribution in [2.24, 2.45) is 11.7 Å². The molecular formula is C23H27N7O2S. The summed E-state index contributed by atoms with van der Waals surface area (Å²) in [5.74, 6) is 2.54. The highest BCUT2D eigenvalue weighted by Gasteiger charge is 2.33. The summed E-state index contributed by atoms with van der Waals surface area (Å²) in [4.78, 5) is 23.4. The summed E-state index contributed by atoms with van der Waals surface area (Å²) in [5, 5.41) is 12.5. The van der Waals surface area contributed by atoms with Gasteiger partial charge in [-0.05, 0) is 30.9 Å². The van der Waals surface area contributed by atoms with Crippen LogP contribution in [0.2, 0.25) is 0 Å². The topological polar surface area (TPSA) is 122 Å². The third kappa shape index (κ3) is 4.16. The number of benzene rings is 1. The largest absolute Gasteiger partial charge is 0.490 e. The molecule has 0 radical (unpaired) electrons. The fraction of sp³-hybridized carbons (Fsp3) is 0.391. The molecule has 0 bridgehead atoms. The van der Waals surface area contributed by atoms with Crippen LogP contribution in [0, 0.1) is 5.92 Å². The summed E-state index contributed by atoms with van der Waals surface area (Å²) in [7, 11) is 3.66. The maximum absolute atomic E-state index is 12.6. The molecule has 2 aliphatic rings. The molecule has 1 aliphatic carbocycles. The molecule has 172 valence electrons. The van der Waals surface area contributed by atoms with Crippen LogP contribution in [0.1, 0.15) is 24.8 Å². The predicted octanol–water partition coefficient (Wildman–Crippen LogP) is 3.18. The fourth-order valence-corrected chi connectivity index (χ4v) is 5.62. The predicted molar refractivity (Wildman–Crippen MR) is 130 cm³/mol. The zero-order chi connectivity index (χ0) is 22.9. The number of hydrogen-bond acceptors (Lipinski definition) is 8. The van der Waals surface area contributed by atoms with E-state index < -0.39 is 0 Å². The van der Waals surface area contributed by atoms with Gasteiger partial charge in [-0.1, -0.05) is 5.57 Å². The number of aromatic nitrogens is 4. The van der Waals surface area contributed by atoms with Crippen molar-refractivity contribution in [1.29, 1.82) is 0 Å². The van der Waals surface area contributed by atoms with Gasteiger partial charge in [-0.25, -0.2) is 9.97 Å². The first-order chi connectivity index (χ1) is 16.0. The van der Waals surface area contributed by atoms with Crippen molar-refractivity contribution in [1.82, 2.24) is 25.1 Å². The van der Waals surface area contributed by atoms with Crippen LogP contribution in [0.3, 0.4) is 0 Å². The van der Waals surface area contributed by atoms with Crippen LogP contribution in [0.15, 0.2) is 35.3 Å². The highest BCUT2D eigenvalue weighted by atomic mass is 32.2. The molecule has 1 aliphatic heterocycles. The van der Waals surface area contributed by atoms with Crippen LogP contribution in [0.5, 0.6) is 5.75 Å². The number of nitrogens with zero attached hydrogens (tertiary/aromatic N) is 4. The highest BCUT2D eigenvalue weighted by Crippen LogP contribution is 2.47. The van der Waals surface area contributed by atoms with Gasteiger partial charge in [0.1, 0.15) is 29.5 Å². The molecule has 1 atom stereocenters. The van der Waals surface area contributed by atoms with Crippen molar-refractivity contribution in [2.75, 3.05) is 38.3 Å². The molecule has 4 N–H and O–H groups in total. The minimum Gasteiger partial charge on any atom is -0.490 e. The van der Waals surface area contributed by atoms with E-state index in [0.29, 0.717) is 18.9 Å². The molecule has 1 amide bonds. The highest BCUT2D eigenvalue weighted by molar-refractivity contribution is 7.99. The summed E-state index contributed by atoms with van der Waals surface area (Å²) < 4.78 is 5.91. The van der Waals surface area contributed by atoms with E-state index in [0.717, 1.165) is 58.0 Å². The number of rotatable bonds is 6. The van der Waals surface area contributed by atoms with Gasteiger partial charge in [0.25, 0.3) is 0 Å². The number of H-pyrrole nitrogens is 1. The Labute approximate surface area is 196 Å². The van der Waals surface area contributed by atoms with Crippen molar-refractivity contribution in [3.63, 3.8) is 0 Å². The Morgan fingerprint density at radius 3 is 3.06 bits per heavy atom. The van der Waals surface area contributed by atoms with Crippen molar-refractivity contribution in [3.05, 3.63) is 35.8 Å². The van der Waals surface area contributed by atoms with Gasteiger partial charge in [-0.2, -0.15) is 5.10 Å². The van der Waals surface area contributed by atoms with E-state index in [1.807, 2.05) is 26.2 Å². The minimum atomic E-state index is 0.0432. The summed E-state index contributed by atoms with van der Waals surface area (Å²) >= 11 is 1.71. The number of aromatic amines is 1. The average Bonchev–Trinajstić information content (AvgIpc) is 3.28. The standard InChI is InChI=1S/C23H27N7O2S/c1-30(2)23(31)13-3-4-16-15(7-13)11-33-22-20(16)21(25-12-26-22)28-18-8-14-10-27-29-17(14)9-19(18)32-6-5-24/h8-10,12-13H,3-7,11,24H2,1-2H3,(H,27,29)(H,25,26,28)/t13-/m0/s1. The molecule has 0 saturated heterocycles. The summed E-state index contributed by atoms with van der Waals surface area (Å²) in [6.07, 6.45) is 5.84. The molecule has 33 heavy (non-hydrogen) atoms. The average molecular weight is 466 g/mol. The molecule has 9 nitrogen and oxygen atoms in total. The Balaban J connectivity index is 1.51. The van der Waals surface area contributed by atoms with Crippen LogP contribution in [-0.4, -0.2) is 64.0 Å². The third-order valence-electron chi connectivity index (χ3n) is 6.12. The lowest BCUT2D eigenvalue weighted by atomic mass is 9.81. The number of carbonyl (C=O) groups excluding carboxylic acids is 1. The van der Waals surface area contributed by atoms with Crippen LogP contribution < -0.4 is 15.8 Å². The zero-order valence-corrected chi connectivity index (χ0v) is 19.5.